The highest BCUT2D eigenvalue weighted by molar-refractivity contribution is 9.20. The molecule has 39 heavy (non-hydrogen) atoms. The molecule has 0 aromatic heterocycles. The third-order valence-corrected chi connectivity index (χ3v) is 9.08. The zero-order chi connectivity index (χ0) is 30.4. The largest absolute Gasteiger partial charge is 0.465 e. The molecule has 0 amide bonds. The first-order chi connectivity index (χ1) is 18.3. The van der Waals surface area contributed by atoms with Gasteiger partial charge in [0.2, 0.25) is 4.69 Å². The lowest BCUT2D eigenvalue weighted by Gasteiger charge is -2.14. The number of carbonyl (C=O) groups excluding carboxylic acids is 2. The Labute approximate surface area is 283 Å². The van der Waals surface area contributed by atoms with Crippen LogP contribution in [0.1, 0.15) is 143 Å². The van der Waals surface area contributed by atoms with Gasteiger partial charge in [0.05, 0.1) is 10.9 Å². The molecule has 4 nitrogen and oxygen atoms in total. The number of aliphatic hydroxyl groups is 1. The highest BCUT2D eigenvalue weighted by Crippen LogP contribution is 2.19. The van der Waals surface area contributed by atoms with Crippen LogP contribution in [0, 0.1) is 0 Å². The fourth-order valence-corrected chi connectivity index (χ4v) is 4.12. The summed E-state index contributed by atoms with van der Waals surface area (Å²) in [5.41, 5.74) is 0. The Balaban J connectivity index is -0.000000558. The topological polar surface area (TPSA) is 63.6 Å². The number of unbranched alkanes of at least 4 members (excludes halogenated alkanes) is 16. The molecule has 0 aliphatic rings. The second-order valence-electron chi connectivity index (χ2n) is 10.8. The molecule has 0 heterocycles. The van der Waals surface area contributed by atoms with E-state index in [0.717, 1.165) is 29.9 Å². The Kier molecular flexibility index (Phi) is 37.3. The lowest BCUT2D eigenvalue weighted by atomic mass is 10.1. The molecular weight excluding hydrogens is 824 g/mol. The zero-order valence-corrected chi connectivity index (χ0v) is 33.0. The molecule has 0 bridgehead atoms. The predicted octanol–water partition coefficient (Wildman–Crippen LogP) is 11.6. The van der Waals surface area contributed by atoms with Gasteiger partial charge in [-0.05, 0) is 69.3 Å². The lowest BCUT2D eigenvalue weighted by molar-refractivity contribution is -0.145. The third-order valence-electron chi connectivity index (χ3n) is 5.76. The Morgan fingerprint density at radius 3 is 1.10 bits per heavy atom. The van der Waals surface area contributed by atoms with Crippen molar-refractivity contribution in [2.75, 3.05) is 23.9 Å². The lowest BCUT2D eigenvalue weighted by Crippen LogP contribution is -2.26. The minimum atomic E-state index is -0.553. The van der Waals surface area contributed by atoms with E-state index in [-0.39, 0.29) is 10.7 Å². The second kappa shape index (κ2) is 32.4. The highest BCUT2D eigenvalue weighted by atomic mass is 79.9. The van der Waals surface area contributed by atoms with Crippen LogP contribution in [0.15, 0.2) is 0 Å². The average molecular weight is 881 g/mol. The van der Waals surface area contributed by atoms with Gasteiger partial charge in [0.1, 0.15) is 4.32 Å². The van der Waals surface area contributed by atoms with Crippen LogP contribution in [0.5, 0.6) is 0 Å². The minimum Gasteiger partial charge on any atom is -0.465 e. The quantitative estimate of drug-likeness (QED) is 0.0481. The van der Waals surface area contributed by atoms with Gasteiger partial charge in [0.15, 0.2) is 0 Å². The second-order valence-corrected chi connectivity index (χ2v) is 17.1. The molecule has 0 aromatic carbocycles. The van der Waals surface area contributed by atoms with Gasteiger partial charge in [0, 0.05) is 17.3 Å². The molecule has 0 saturated heterocycles. The monoisotopic (exact) mass is 876 g/mol. The van der Waals surface area contributed by atoms with Crippen molar-refractivity contribution >= 4 is 90.3 Å². The van der Waals surface area contributed by atoms with E-state index in [2.05, 4.69) is 79.6 Å². The third kappa shape index (κ3) is 41.7. The number of carbonyl (C=O) groups is 2. The normalized spacial score (nSPS) is 11.2. The SMILES string of the molecule is CC(C)(Br)C(=O)Br.CC(C)(Br)C(=O)OCCCCCCCCCCCBr.OCCCCCCCCCCCBr. The van der Waals surface area contributed by atoms with Crippen LogP contribution < -0.4 is 0 Å². The maximum atomic E-state index is 11.5. The fourth-order valence-electron chi connectivity index (χ4n) is 3.21. The van der Waals surface area contributed by atoms with Crippen molar-refractivity contribution in [2.45, 2.75) is 152 Å². The van der Waals surface area contributed by atoms with Crippen molar-refractivity contribution in [3.05, 3.63) is 0 Å². The number of halogens is 5. The van der Waals surface area contributed by atoms with Gasteiger partial charge < -0.3 is 9.84 Å². The smallest absolute Gasteiger partial charge is 0.322 e. The summed E-state index contributed by atoms with van der Waals surface area (Å²) in [7, 11) is 0. The molecule has 0 unspecified atom stereocenters. The standard InChI is InChI=1S/C15H28Br2O2.C11H23BrO.C4H6Br2O/c1-15(2,17)14(18)19-13-11-9-7-5-3-4-6-8-10-12-16;12-10-8-6-4-2-1-3-5-7-9-11-13;1-4(2,6)3(5)7/h3-13H2,1-2H3;13H,1-11H2;1-2H3. The summed E-state index contributed by atoms with van der Waals surface area (Å²) in [6.07, 6.45) is 23.2. The molecular formula is C30H57Br5O4. The molecule has 0 aromatic rings. The van der Waals surface area contributed by atoms with Crippen LogP contribution in [-0.2, 0) is 14.3 Å². The molecule has 236 valence electrons. The first kappa shape index (κ1) is 44.9. The Bertz CT molecular complexity index is 524. The van der Waals surface area contributed by atoms with Gasteiger partial charge in [-0.25, -0.2) is 0 Å². The first-order valence-corrected chi connectivity index (χ1v) is 19.4. The molecule has 0 rings (SSSR count). The van der Waals surface area contributed by atoms with Crippen molar-refractivity contribution in [2.24, 2.45) is 0 Å². The van der Waals surface area contributed by atoms with Crippen molar-refractivity contribution < 1.29 is 19.4 Å². The van der Waals surface area contributed by atoms with Gasteiger partial charge in [-0.2, -0.15) is 0 Å². The minimum absolute atomic E-state index is 0.0278. The van der Waals surface area contributed by atoms with Crippen LogP contribution in [0.2, 0.25) is 0 Å². The van der Waals surface area contributed by atoms with E-state index in [0.29, 0.717) is 13.2 Å². The van der Waals surface area contributed by atoms with Crippen molar-refractivity contribution in [3.63, 3.8) is 0 Å². The van der Waals surface area contributed by atoms with Crippen LogP contribution >= 0.6 is 79.6 Å². The number of hydrogen-bond acceptors (Lipinski definition) is 4. The summed E-state index contributed by atoms with van der Waals surface area (Å²) >= 11 is 16.1. The number of hydrogen-bond donors (Lipinski definition) is 1. The zero-order valence-electron chi connectivity index (χ0n) is 25.1. The summed E-state index contributed by atoms with van der Waals surface area (Å²) < 4.78 is 4.20. The summed E-state index contributed by atoms with van der Waals surface area (Å²) in [5, 5.41) is 10.9. The van der Waals surface area contributed by atoms with Gasteiger partial charge in [0.25, 0.3) is 0 Å². The van der Waals surface area contributed by atoms with Crippen LogP contribution in [0.3, 0.4) is 0 Å². The number of esters is 1. The van der Waals surface area contributed by atoms with Crippen LogP contribution in [0.25, 0.3) is 0 Å². The maximum absolute atomic E-state index is 11.5. The van der Waals surface area contributed by atoms with E-state index in [4.69, 9.17) is 9.84 Å². The first-order valence-electron chi connectivity index (χ1n) is 14.8. The summed E-state index contributed by atoms with van der Waals surface area (Å²) in [6.45, 7) is 8.11. The number of alkyl halides is 4. The molecule has 9 heteroatoms. The molecule has 0 atom stereocenters. The highest BCUT2D eigenvalue weighted by Gasteiger charge is 2.25. The average Bonchev–Trinajstić information content (AvgIpc) is 2.86. The Morgan fingerprint density at radius 2 is 0.846 bits per heavy atom. The van der Waals surface area contributed by atoms with E-state index in [1.807, 2.05) is 13.8 Å². The van der Waals surface area contributed by atoms with Crippen LogP contribution in [0.4, 0.5) is 0 Å². The molecule has 1 N–H and O–H groups in total. The van der Waals surface area contributed by atoms with E-state index in [9.17, 15) is 9.59 Å². The summed E-state index contributed by atoms with van der Waals surface area (Å²) in [6, 6.07) is 0. The van der Waals surface area contributed by atoms with Gasteiger partial charge in [-0.3, -0.25) is 9.59 Å². The van der Waals surface area contributed by atoms with Crippen molar-refractivity contribution in [1.82, 2.24) is 0 Å². The van der Waals surface area contributed by atoms with E-state index in [1.165, 1.54) is 96.3 Å². The molecule has 0 spiro atoms. The number of ether oxygens (including phenoxy) is 1. The Morgan fingerprint density at radius 1 is 0.564 bits per heavy atom. The van der Waals surface area contributed by atoms with Crippen molar-refractivity contribution in [3.8, 4) is 0 Å². The van der Waals surface area contributed by atoms with Crippen molar-refractivity contribution in [1.29, 1.82) is 0 Å². The summed E-state index contributed by atoms with van der Waals surface area (Å²) in [4.78, 5) is 21.8. The number of rotatable bonds is 23. The van der Waals surface area contributed by atoms with E-state index < -0.39 is 8.65 Å². The van der Waals surface area contributed by atoms with Crippen LogP contribution in [-0.4, -0.2) is 48.3 Å². The van der Waals surface area contributed by atoms with Gasteiger partial charge >= 0.3 is 5.97 Å². The molecule has 0 aliphatic heterocycles. The molecule has 0 saturated carbocycles. The predicted molar refractivity (Wildman–Crippen MR) is 189 cm³/mol. The summed E-state index contributed by atoms with van der Waals surface area (Å²) in [5.74, 6) is -0.167. The maximum Gasteiger partial charge on any atom is 0.322 e. The molecule has 0 aliphatic carbocycles. The fraction of sp³-hybridized carbons (Fsp3) is 0.933. The molecule has 0 radical (unpaired) electrons. The number of aliphatic hydroxyl groups excluding tert-OH is 1. The molecule has 0 fully saturated rings. The van der Waals surface area contributed by atoms with E-state index in [1.54, 1.807) is 13.8 Å². The van der Waals surface area contributed by atoms with Gasteiger partial charge in [-0.15, -0.1) is 0 Å². The Hall–Kier alpha value is 1.50. The van der Waals surface area contributed by atoms with Gasteiger partial charge in [-0.1, -0.05) is 154 Å². The van der Waals surface area contributed by atoms with E-state index >= 15 is 0 Å².